The Hall–Kier alpha value is -2.43. The summed E-state index contributed by atoms with van der Waals surface area (Å²) in [6.07, 6.45) is 1.45. The number of nitrogens with one attached hydrogen (secondary N) is 1. The molecule has 0 spiro atoms. The highest BCUT2D eigenvalue weighted by atomic mass is 79.9. The van der Waals surface area contributed by atoms with E-state index in [1.807, 2.05) is 35.0 Å². The van der Waals surface area contributed by atoms with Crippen LogP contribution in [0.25, 0.3) is 16.9 Å². The van der Waals surface area contributed by atoms with Crippen molar-refractivity contribution in [3.05, 3.63) is 56.8 Å². The van der Waals surface area contributed by atoms with Gasteiger partial charge in [0.05, 0.1) is 11.4 Å². The monoisotopic (exact) mass is 432 g/mol. The highest BCUT2D eigenvalue weighted by Gasteiger charge is 2.17. The summed E-state index contributed by atoms with van der Waals surface area (Å²) in [6.45, 7) is 0. The SMILES string of the molecule is O=C(Nc1nc(-c2cccc(Br)c2)cs1)c1sccc1-n1cnnn1. The van der Waals surface area contributed by atoms with Crippen LogP contribution in [-0.2, 0) is 0 Å². The van der Waals surface area contributed by atoms with E-state index in [9.17, 15) is 4.79 Å². The molecule has 3 heterocycles. The van der Waals surface area contributed by atoms with Crippen molar-refractivity contribution in [2.24, 2.45) is 0 Å². The maximum atomic E-state index is 12.6. The molecule has 0 unspecified atom stereocenters. The molecule has 0 aliphatic rings. The summed E-state index contributed by atoms with van der Waals surface area (Å²) in [5.74, 6) is -0.240. The van der Waals surface area contributed by atoms with E-state index in [0.29, 0.717) is 15.7 Å². The van der Waals surface area contributed by atoms with E-state index in [2.05, 4.69) is 41.8 Å². The summed E-state index contributed by atoms with van der Waals surface area (Å²) in [5, 5.41) is 18.1. The molecular weight excluding hydrogens is 424 g/mol. The number of hydrogen-bond donors (Lipinski definition) is 1. The van der Waals surface area contributed by atoms with E-state index in [1.165, 1.54) is 33.7 Å². The number of nitrogens with zero attached hydrogens (tertiary/aromatic N) is 5. The molecule has 0 fully saturated rings. The van der Waals surface area contributed by atoms with Gasteiger partial charge in [-0.25, -0.2) is 4.98 Å². The Morgan fingerprint density at radius 3 is 2.96 bits per heavy atom. The summed E-state index contributed by atoms with van der Waals surface area (Å²) < 4.78 is 2.44. The maximum absolute atomic E-state index is 12.6. The molecule has 0 aliphatic carbocycles. The van der Waals surface area contributed by atoms with Crippen LogP contribution in [-0.4, -0.2) is 31.1 Å². The predicted molar refractivity (Wildman–Crippen MR) is 100 cm³/mol. The lowest BCUT2D eigenvalue weighted by atomic mass is 10.2. The van der Waals surface area contributed by atoms with E-state index in [1.54, 1.807) is 6.07 Å². The standard InChI is InChI=1S/C15H9BrN6OS2/c16-10-3-1-2-9(6-10)11-7-25-15(18-11)19-14(23)13-12(4-5-24-13)22-8-17-20-21-22/h1-8H,(H,18,19,23). The number of rotatable bonds is 4. The van der Waals surface area contributed by atoms with Crippen LogP contribution in [0.4, 0.5) is 5.13 Å². The topological polar surface area (TPSA) is 85.6 Å². The number of thiazole rings is 1. The lowest BCUT2D eigenvalue weighted by molar-refractivity contribution is 0.103. The van der Waals surface area contributed by atoms with Crippen molar-refractivity contribution in [1.82, 2.24) is 25.2 Å². The summed E-state index contributed by atoms with van der Waals surface area (Å²) in [7, 11) is 0. The molecule has 1 N–H and O–H groups in total. The van der Waals surface area contributed by atoms with E-state index in [0.717, 1.165) is 15.7 Å². The third-order valence-electron chi connectivity index (χ3n) is 3.29. The van der Waals surface area contributed by atoms with Crippen LogP contribution >= 0.6 is 38.6 Å². The fourth-order valence-electron chi connectivity index (χ4n) is 2.19. The Bertz CT molecular complexity index is 1030. The summed E-state index contributed by atoms with van der Waals surface area (Å²) in [5.41, 5.74) is 2.43. The van der Waals surface area contributed by atoms with Crippen LogP contribution in [0.1, 0.15) is 9.67 Å². The molecule has 3 aromatic heterocycles. The highest BCUT2D eigenvalue weighted by Crippen LogP contribution is 2.28. The number of amides is 1. The summed E-state index contributed by atoms with van der Waals surface area (Å²) in [6, 6.07) is 9.65. The van der Waals surface area contributed by atoms with Crippen LogP contribution in [0.3, 0.4) is 0 Å². The third-order valence-corrected chi connectivity index (χ3v) is 5.44. The number of tetrazole rings is 1. The number of hydrogen-bond acceptors (Lipinski definition) is 7. The van der Waals surface area contributed by atoms with Gasteiger partial charge in [-0.3, -0.25) is 10.1 Å². The van der Waals surface area contributed by atoms with Crippen molar-refractivity contribution in [1.29, 1.82) is 0 Å². The molecule has 0 saturated heterocycles. The minimum atomic E-state index is -0.240. The number of carbonyl (C=O) groups is 1. The Morgan fingerprint density at radius 1 is 1.24 bits per heavy atom. The molecule has 4 aromatic rings. The average Bonchev–Trinajstić information content (AvgIpc) is 3.35. The number of aromatic nitrogens is 5. The molecule has 0 bridgehead atoms. The van der Waals surface area contributed by atoms with Gasteiger partial charge in [0.1, 0.15) is 11.2 Å². The highest BCUT2D eigenvalue weighted by molar-refractivity contribution is 9.10. The molecule has 0 atom stereocenters. The molecule has 25 heavy (non-hydrogen) atoms. The van der Waals surface area contributed by atoms with Crippen LogP contribution in [0, 0.1) is 0 Å². The molecule has 1 aromatic carbocycles. The zero-order chi connectivity index (χ0) is 17.2. The van der Waals surface area contributed by atoms with Gasteiger partial charge in [-0.1, -0.05) is 28.1 Å². The fourth-order valence-corrected chi connectivity index (χ4v) is 4.08. The Kier molecular flexibility index (Phi) is 4.38. The first-order valence-electron chi connectivity index (χ1n) is 7.04. The second-order valence-corrected chi connectivity index (χ2v) is 7.58. The second-order valence-electron chi connectivity index (χ2n) is 4.89. The quantitative estimate of drug-likeness (QED) is 0.528. The number of carbonyl (C=O) groups excluding carboxylic acids is 1. The molecular formula is C15H9BrN6OS2. The third kappa shape index (κ3) is 3.36. The first-order chi connectivity index (χ1) is 12.2. The Balaban J connectivity index is 1.56. The Labute approximate surface area is 158 Å². The van der Waals surface area contributed by atoms with Gasteiger partial charge in [0.25, 0.3) is 5.91 Å². The molecule has 4 rings (SSSR count). The first-order valence-corrected chi connectivity index (χ1v) is 9.59. The summed E-state index contributed by atoms with van der Waals surface area (Å²) in [4.78, 5) is 17.6. The molecule has 1 amide bonds. The van der Waals surface area contributed by atoms with Gasteiger partial charge in [0.2, 0.25) is 0 Å². The van der Waals surface area contributed by atoms with E-state index >= 15 is 0 Å². The zero-order valence-electron chi connectivity index (χ0n) is 12.5. The van der Waals surface area contributed by atoms with Gasteiger partial charge >= 0.3 is 0 Å². The normalized spacial score (nSPS) is 10.8. The molecule has 0 aliphatic heterocycles. The van der Waals surface area contributed by atoms with Gasteiger partial charge in [0.15, 0.2) is 5.13 Å². The van der Waals surface area contributed by atoms with Crippen molar-refractivity contribution in [2.45, 2.75) is 0 Å². The van der Waals surface area contributed by atoms with Gasteiger partial charge in [-0.05, 0) is 34.0 Å². The van der Waals surface area contributed by atoms with Crippen LogP contribution in [0.5, 0.6) is 0 Å². The molecule has 0 saturated carbocycles. The smallest absolute Gasteiger partial charge is 0.269 e. The lowest BCUT2D eigenvalue weighted by Gasteiger charge is -2.02. The Morgan fingerprint density at radius 2 is 2.16 bits per heavy atom. The van der Waals surface area contributed by atoms with Gasteiger partial charge < -0.3 is 0 Å². The van der Waals surface area contributed by atoms with Crippen molar-refractivity contribution in [2.75, 3.05) is 5.32 Å². The predicted octanol–water partition coefficient (Wildman–Crippen LogP) is 3.86. The van der Waals surface area contributed by atoms with Gasteiger partial charge in [-0.2, -0.15) is 4.68 Å². The zero-order valence-corrected chi connectivity index (χ0v) is 15.7. The van der Waals surface area contributed by atoms with Crippen LogP contribution in [0.15, 0.2) is 51.9 Å². The van der Waals surface area contributed by atoms with Crippen molar-refractivity contribution in [3.63, 3.8) is 0 Å². The number of thiophene rings is 1. The number of halogens is 1. The van der Waals surface area contributed by atoms with Crippen molar-refractivity contribution < 1.29 is 4.79 Å². The second kappa shape index (κ2) is 6.82. The van der Waals surface area contributed by atoms with Gasteiger partial charge in [0, 0.05) is 15.4 Å². The largest absolute Gasteiger partial charge is 0.297 e. The molecule has 0 radical (unpaired) electrons. The van der Waals surface area contributed by atoms with Crippen molar-refractivity contribution in [3.8, 4) is 16.9 Å². The molecule has 124 valence electrons. The minimum Gasteiger partial charge on any atom is -0.297 e. The van der Waals surface area contributed by atoms with E-state index in [-0.39, 0.29) is 5.91 Å². The molecule has 7 nitrogen and oxygen atoms in total. The number of benzene rings is 1. The van der Waals surface area contributed by atoms with Crippen LogP contribution < -0.4 is 5.32 Å². The molecule has 10 heteroatoms. The average molecular weight is 433 g/mol. The summed E-state index contributed by atoms with van der Waals surface area (Å²) >= 11 is 6.15. The van der Waals surface area contributed by atoms with Crippen LogP contribution in [0.2, 0.25) is 0 Å². The van der Waals surface area contributed by atoms with Gasteiger partial charge in [-0.15, -0.1) is 27.8 Å². The maximum Gasteiger partial charge on any atom is 0.269 e. The lowest BCUT2D eigenvalue weighted by Crippen LogP contribution is -2.13. The number of anilines is 1. The van der Waals surface area contributed by atoms with Crippen molar-refractivity contribution >= 4 is 49.6 Å². The van der Waals surface area contributed by atoms with E-state index in [4.69, 9.17) is 0 Å². The minimum absolute atomic E-state index is 0.240. The first kappa shape index (κ1) is 16.1. The van der Waals surface area contributed by atoms with E-state index < -0.39 is 0 Å². The fraction of sp³-hybridized carbons (Fsp3) is 0.